The summed E-state index contributed by atoms with van der Waals surface area (Å²) in [6.45, 7) is 5.72. The highest BCUT2D eigenvalue weighted by atomic mass is 16.4. The molecule has 1 aliphatic rings. The smallest absolute Gasteiger partial charge is 0.320 e. The number of likely N-dealkylation sites (tertiary alicyclic amines) is 1. The first kappa shape index (κ1) is 13.1. The SMILES string of the molecule is C[C@@H](C(=O)O)N1CCC[C@@](C)(c2ccccc2)C1. The van der Waals surface area contributed by atoms with Gasteiger partial charge in [-0.25, -0.2) is 0 Å². The fourth-order valence-electron chi connectivity index (χ4n) is 2.84. The van der Waals surface area contributed by atoms with Crippen molar-refractivity contribution in [2.24, 2.45) is 0 Å². The lowest BCUT2D eigenvalue weighted by molar-refractivity contribution is -0.143. The van der Waals surface area contributed by atoms with Crippen LogP contribution in [0.25, 0.3) is 0 Å². The minimum Gasteiger partial charge on any atom is -0.480 e. The Kier molecular flexibility index (Phi) is 3.71. The van der Waals surface area contributed by atoms with Crippen molar-refractivity contribution in [1.82, 2.24) is 4.90 Å². The van der Waals surface area contributed by atoms with E-state index in [1.54, 1.807) is 6.92 Å². The number of carbonyl (C=O) groups is 1. The number of hydrogen-bond acceptors (Lipinski definition) is 2. The zero-order valence-electron chi connectivity index (χ0n) is 11.1. The minimum absolute atomic E-state index is 0.0726. The molecular formula is C15H21NO2. The number of carboxylic acids is 1. The molecule has 0 aliphatic carbocycles. The molecular weight excluding hydrogens is 226 g/mol. The number of benzene rings is 1. The van der Waals surface area contributed by atoms with Gasteiger partial charge >= 0.3 is 5.97 Å². The second-order valence-electron chi connectivity index (χ2n) is 5.51. The zero-order chi connectivity index (χ0) is 13.2. The summed E-state index contributed by atoms with van der Waals surface area (Å²) in [6.07, 6.45) is 2.18. The molecule has 1 saturated heterocycles. The predicted octanol–water partition coefficient (Wildman–Crippen LogP) is 2.51. The molecule has 1 aromatic carbocycles. The van der Waals surface area contributed by atoms with Gasteiger partial charge in [-0.2, -0.15) is 0 Å². The molecule has 3 nitrogen and oxygen atoms in total. The van der Waals surface area contributed by atoms with Gasteiger partial charge in [0.1, 0.15) is 6.04 Å². The van der Waals surface area contributed by atoms with E-state index in [1.807, 2.05) is 6.07 Å². The quantitative estimate of drug-likeness (QED) is 0.892. The molecule has 18 heavy (non-hydrogen) atoms. The topological polar surface area (TPSA) is 40.5 Å². The summed E-state index contributed by atoms with van der Waals surface area (Å²) < 4.78 is 0. The van der Waals surface area contributed by atoms with Crippen molar-refractivity contribution in [2.45, 2.75) is 38.1 Å². The van der Waals surface area contributed by atoms with Crippen LogP contribution in [0.3, 0.4) is 0 Å². The Morgan fingerprint density at radius 1 is 1.39 bits per heavy atom. The van der Waals surface area contributed by atoms with Gasteiger partial charge in [0, 0.05) is 12.0 Å². The van der Waals surface area contributed by atoms with E-state index in [0.29, 0.717) is 0 Å². The molecule has 1 N–H and O–H groups in total. The molecule has 1 aliphatic heterocycles. The first-order valence-corrected chi connectivity index (χ1v) is 6.55. The van der Waals surface area contributed by atoms with E-state index in [0.717, 1.165) is 25.9 Å². The van der Waals surface area contributed by atoms with Crippen molar-refractivity contribution in [3.05, 3.63) is 35.9 Å². The predicted molar refractivity (Wildman–Crippen MR) is 71.7 cm³/mol. The van der Waals surface area contributed by atoms with Gasteiger partial charge in [0.2, 0.25) is 0 Å². The van der Waals surface area contributed by atoms with Crippen molar-refractivity contribution in [3.8, 4) is 0 Å². The summed E-state index contributed by atoms with van der Waals surface area (Å²) in [5, 5.41) is 9.13. The van der Waals surface area contributed by atoms with E-state index in [-0.39, 0.29) is 5.41 Å². The third-order valence-electron chi connectivity index (χ3n) is 4.10. The van der Waals surface area contributed by atoms with Crippen LogP contribution >= 0.6 is 0 Å². The van der Waals surface area contributed by atoms with Crippen LogP contribution in [0.2, 0.25) is 0 Å². The number of aliphatic carboxylic acids is 1. The summed E-state index contributed by atoms with van der Waals surface area (Å²) in [7, 11) is 0. The normalized spacial score (nSPS) is 26.8. The molecule has 1 fully saturated rings. The summed E-state index contributed by atoms with van der Waals surface area (Å²) in [6, 6.07) is 10.0. The molecule has 0 radical (unpaired) electrons. The van der Waals surface area contributed by atoms with E-state index in [1.165, 1.54) is 5.56 Å². The zero-order valence-corrected chi connectivity index (χ0v) is 11.1. The van der Waals surface area contributed by atoms with Crippen LogP contribution in [0.4, 0.5) is 0 Å². The monoisotopic (exact) mass is 247 g/mol. The van der Waals surface area contributed by atoms with Crippen LogP contribution in [0, 0.1) is 0 Å². The molecule has 0 aromatic heterocycles. The summed E-state index contributed by atoms with van der Waals surface area (Å²) in [5.41, 5.74) is 1.38. The lowest BCUT2D eigenvalue weighted by atomic mass is 9.75. The number of rotatable bonds is 3. The third-order valence-corrected chi connectivity index (χ3v) is 4.10. The Bertz CT molecular complexity index is 418. The van der Waals surface area contributed by atoms with E-state index < -0.39 is 12.0 Å². The maximum absolute atomic E-state index is 11.1. The number of nitrogens with zero attached hydrogens (tertiary/aromatic N) is 1. The van der Waals surface area contributed by atoms with Crippen molar-refractivity contribution < 1.29 is 9.90 Å². The first-order valence-electron chi connectivity index (χ1n) is 6.55. The summed E-state index contributed by atoms with van der Waals surface area (Å²) in [4.78, 5) is 13.2. The molecule has 1 aromatic rings. The van der Waals surface area contributed by atoms with Crippen LogP contribution in [-0.2, 0) is 10.2 Å². The molecule has 3 heteroatoms. The van der Waals surface area contributed by atoms with Gasteiger partial charge in [0.05, 0.1) is 0 Å². The maximum Gasteiger partial charge on any atom is 0.320 e. The fourth-order valence-corrected chi connectivity index (χ4v) is 2.84. The van der Waals surface area contributed by atoms with Crippen LogP contribution in [0.1, 0.15) is 32.3 Å². The van der Waals surface area contributed by atoms with E-state index in [9.17, 15) is 4.79 Å². The van der Waals surface area contributed by atoms with Crippen LogP contribution < -0.4 is 0 Å². The van der Waals surface area contributed by atoms with Gasteiger partial charge in [-0.15, -0.1) is 0 Å². The highest BCUT2D eigenvalue weighted by Crippen LogP contribution is 2.34. The third kappa shape index (κ3) is 2.56. The number of piperidine rings is 1. The Morgan fingerprint density at radius 3 is 2.67 bits per heavy atom. The molecule has 1 heterocycles. The average molecular weight is 247 g/mol. The molecule has 2 atom stereocenters. The average Bonchev–Trinajstić information content (AvgIpc) is 2.39. The molecule has 98 valence electrons. The molecule has 0 unspecified atom stereocenters. The van der Waals surface area contributed by atoms with Gasteiger partial charge < -0.3 is 5.11 Å². The lowest BCUT2D eigenvalue weighted by Gasteiger charge is -2.42. The fraction of sp³-hybridized carbons (Fsp3) is 0.533. The van der Waals surface area contributed by atoms with Crippen LogP contribution in [-0.4, -0.2) is 35.1 Å². The van der Waals surface area contributed by atoms with Gasteiger partial charge in [-0.3, -0.25) is 9.69 Å². The summed E-state index contributed by atoms with van der Waals surface area (Å²) in [5.74, 6) is -0.729. The van der Waals surface area contributed by atoms with Crippen molar-refractivity contribution in [3.63, 3.8) is 0 Å². The van der Waals surface area contributed by atoms with E-state index in [2.05, 4.69) is 36.1 Å². The van der Waals surface area contributed by atoms with Crippen LogP contribution in [0.15, 0.2) is 30.3 Å². The lowest BCUT2D eigenvalue weighted by Crippen LogP contribution is -2.50. The van der Waals surface area contributed by atoms with Gasteiger partial charge in [0.25, 0.3) is 0 Å². The van der Waals surface area contributed by atoms with Crippen molar-refractivity contribution in [1.29, 1.82) is 0 Å². The number of hydrogen-bond donors (Lipinski definition) is 1. The largest absolute Gasteiger partial charge is 0.480 e. The second-order valence-corrected chi connectivity index (χ2v) is 5.51. The summed E-state index contributed by atoms with van der Waals surface area (Å²) >= 11 is 0. The highest BCUT2D eigenvalue weighted by Gasteiger charge is 2.35. The van der Waals surface area contributed by atoms with Gasteiger partial charge in [-0.05, 0) is 31.9 Å². The Hall–Kier alpha value is -1.35. The standard InChI is InChI=1S/C15H21NO2/c1-12(14(17)18)16-10-6-9-15(2,11-16)13-7-4-3-5-8-13/h3-5,7-8,12H,6,9-11H2,1-2H3,(H,17,18)/t12-,15+/m0/s1. The molecule has 0 saturated carbocycles. The Labute approximate surface area is 108 Å². The molecule has 2 rings (SSSR count). The molecule has 0 bridgehead atoms. The van der Waals surface area contributed by atoms with E-state index >= 15 is 0 Å². The van der Waals surface area contributed by atoms with E-state index in [4.69, 9.17) is 5.11 Å². The van der Waals surface area contributed by atoms with Gasteiger partial charge in [-0.1, -0.05) is 37.3 Å². The van der Waals surface area contributed by atoms with Gasteiger partial charge in [0.15, 0.2) is 0 Å². The first-order chi connectivity index (χ1) is 8.53. The highest BCUT2D eigenvalue weighted by molar-refractivity contribution is 5.72. The Balaban J connectivity index is 2.17. The maximum atomic E-state index is 11.1. The molecule has 0 amide bonds. The van der Waals surface area contributed by atoms with Crippen molar-refractivity contribution in [2.75, 3.05) is 13.1 Å². The second kappa shape index (κ2) is 5.11. The van der Waals surface area contributed by atoms with Crippen LogP contribution in [0.5, 0.6) is 0 Å². The Morgan fingerprint density at radius 2 is 2.06 bits per heavy atom. The molecule has 0 spiro atoms. The number of carboxylic acid groups (broad SMARTS) is 1. The van der Waals surface area contributed by atoms with Crippen molar-refractivity contribution >= 4 is 5.97 Å². The minimum atomic E-state index is -0.729.